The highest BCUT2D eigenvalue weighted by molar-refractivity contribution is 7.07. The molecule has 0 saturated heterocycles. The molecule has 0 fully saturated rings. The van der Waals surface area contributed by atoms with Crippen molar-refractivity contribution in [2.75, 3.05) is 0 Å². The molecule has 17 heavy (non-hydrogen) atoms. The van der Waals surface area contributed by atoms with Crippen LogP contribution in [0.1, 0.15) is 24.1 Å². The summed E-state index contributed by atoms with van der Waals surface area (Å²) in [5, 5.41) is 7.84. The van der Waals surface area contributed by atoms with Gasteiger partial charge in [-0.3, -0.25) is 0 Å². The van der Waals surface area contributed by atoms with Crippen LogP contribution in [0.3, 0.4) is 0 Å². The number of hydrogen-bond acceptors (Lipinski definition) is 2. The largest absolute Gasteiger partial charge is 0.306 e. The third-order valence-corrected chi connectivity index (χ3v) is 3.59. The Balaban J connectivity index is 1.98. The minimum Gasteiger partial charge on any atom is -0.306 e. The topological polar surface area (TPSA) is 12.0 Å². The molecular formula is C13H13ClFNS. The van der Waals surface area contributed by atoms with Gasteiger partial charge in [-0.05, 0) is 41.4 Å². The van der Waals surface area contributed by atoms with Gasteiger partial charge in [-0.15, -0.1) is 0 Å². The zero-order valence-electron chi connectivity index (χ0n) is 9.41. The number of nitrogens with one attached hydrogen (secondary N) is 1. The van der Waals surface area contributed by atoms with Gasteiger partial charge < -0.3 is 5.32 Å². The molecule has 0 spiro atoms. The number of halogens is 2. The van der Waals surface area contributed by atoms with Crippen LogP contribution in [0.25, 0.3) is 0 Å². The van der Waals surface area contributed by atoms with Crippen molar-refractivity contribution in [3.63, 3.8) is 0 Å². The van der Waals surface area contributed by atoms with Gasteiger partial charge in [0.25, 0.3) is 0 Å². The smallest absolute Gasteiger partial charge is 0.129 e. The normalized spacial score (nSPS) is 12.6. The van der Waals surface area contributed by atoms with Gasteiger partial charge in [-0.1, -0.05) is 17.7 Å². The van der Waals surface area contributed by atoms with Gasteiger partial charge in [0.05, 0.1) is 0 Å². The zero-order valence-corrected chi connectivity index (χ0v) is 11.0. The van der Waals surface area contributed by atoms with Gasteiger partial charge in [0, 0.05) is 23.2 Å². The van der Waals surface area contributed by atoms with E-state index in [1.807, 2.05) is 5.38 Å². The molecule has 0 amide bonds. The summed E-state index contributed by atoms with van der Waals surface area (Å²) in [4.78, 5) is 0. The second kappa shape index (κ2) is 5.63. The van der Waals surface area contributed by atoms with Crippen LogP contribution in [0.4, 0.5) is 4.39 Å². The van der Waals surface area contributed by atoms with Crippen molar-refractivity contribution in [3.8, 4) is 0 Å². The van der Waals surface area contributed by atoms with Crippen LogP contribution in [-0.2, 0) is 6.54 Å². The van der Waals surface area contributed by atoms with Crippen LogP contribution in [0.5, 0.6) is 0 Å². The first-order valence-electron chi connectivity index (χ1n) is 5.36. The Labute approximate surface area is 109 Å². The number of benzene rings is 1. The Kier molecular flexibility index (Phi) is 4.15. The maximum absolute atomic E-state index is 13.5. The van der Waals surface area contributed by atoms with E-state index in [9.17, 15) is 4.39 Å². The molecule has 4 heteroatoms. The average molecular weight is 270 g/mol. The van der Waals surface area contributed by atoms with Gasteiger partial charge in [-0.2, -0.15) is 11.3 Å². The van der Waals surface area contributed by atoms with E-state index in [0.29, 0.717) is 17.1 Å². The summed E-state index contributed by atoms with van der Waals surface area (Å²) in [7, 11) is 0. The molecule has 0 saturated carbocycles. The maximum atomic E-state index is 13.5. The van der Waals surface area contributed by atoms with Crippen LogP contribution >= 0.6 is 22.9 Å². The molecule has 1 aromatic heterocycles. The predicted octanol–water partition coefficient (Wildman–Crippen LogP) is 4.39. The van der Waals surface area contributed by atoms with Gasteiger partial charge in [-0.25, -0.2) is 4.39 Å². The molecule has 1 heterocycles. The Morgan fingerprint density at radius 2 is 2.24 bits per heavy atom. The molecule has 0 aliphatic heterocycles. The third kappa shape index (κ3) is 3.28. The molecule has 0 aliphatic rings. The Morgan fingerprint density at radius 3 is 2.88 bits per heavy atom. The van der Waals surface area contributed by atoms with Gasteiger partial charge >= 0.3 is 0 Å². The van der Waals surface area contributed by atoms with Crippen molar-refractivity contribution >= 4 is 22.9 Å². The van der Waals surface area contributed by atoms with Crippen LogP contribution < -0.4 is 5.32 Å². The Morgan fingerprint density at radius 1 is 1.41 bits per heavy atom. The number of rotatable bonds is 4. The van der Waals surface area contributed by atoms with Gasteiger partial charge in [0.2, 0.25) is 0 Å². The summed E-state index contributed by atoms with van der Waals surface area (Å²) in [5.41, 5.74) is 1.86. The molecule has 90 valence electrons. The zero-order chi connectivity index (χ0) is 12.3. The second-order valence-corrected chi connectivity index (χ2v) is 5.11. The van der Waals surface area contributed by atoms with Crippen molar-refractivity contribution in [2.45, 2.75) is 19.5 Å². The maximum Gasteiger partial charge on any atom is 0.129 e. The fraction of sp³-hybridized carbons (Fsp3) is 0.231. The van der Waals surface area contributed by atoms with E-state index >= 15 is 0 Å². The molecule has 1 nitrogen and oxygen atoms in total. The molecule has 0 aliphatic carbocycles. The van der Waals surface area contributed by atoms with Crippen molar-refractivity contribution in [2.24, 2.45) is 0 Å². The first kappa shape index (κ1) is 12.6. The molecule has 2 rings (SSSR count). The van der Waals surface area contributed by atoms with Crippen LogP contribution in [0.2, 0.25) is 5.02 Å². The number of thiophene rings is 1. The third-order valence-electron chi connectivity index (χ3n) is 2.66. The van der Waals surface area contributed by atoms with E-state index < -0.39 is 0 Å². The SMILES string of the molecule is CC(NCc1ccc(Cl)cc1F)c1ccsc1. The molecule has 2 aromatic rings. The quantitative estimate of drug-likeness (QED) is 0.868. The summed E-state index contributed by atoms with van der Waals surface area (Å²) in [5.74, 6) is -0.262. The molecule has 1 aromatic carbocycles. The molecule has 0 bridgehead atoms. The van der Waals surface area contributed by atoms with E-state index in [1.165, 1.54) is 11.6 Å². The highest BCUT2D eigenvalue weighted by atomic mass is 35.5. The van der Waals surface area contributed by atoms with Crippen LogP contribution in [-0.4, -0.2) is 0 Å². The monoisotopic (exact) mass is 269 g/mol. The standard InChI is InChI=1S/C13H13ClFNS/c1-9(11-4-5-17-8-11)16-7-10-2-3-12(14)6-13(10)15/h2-6,8-9,16H,7H2,1H3. The summed E-state index contributed by atoms with van der Waals surface area (Å²) in [6.07, 6.45) is 0. The summed E-state index contributed by atoms with van der Waals surface area (Å²) < 4.78 is 13.5. The minimum atomic E-state index is -0.262. The lowest BCUT2D eigenvalue weighted by atomic mass is 10.1. The van der Waals surface area contributed by atoms with E-state index in [-0.39, 0.29) is 11.9 Å². The predicted molar refractivity (Wildman–Crippen MR) is 71.0 cm³/mol. The van der Waals surface area contributed by atoms with E-state index in [2.05, 4.69) is 23.7 Å². The van der Waals surface area contributed by atoms with Crippen molar-refractivity contribution in [3.05, 3.63) is 57.0 Å². The lowest BCUT2D eigenvalue weighted by Gasteiger charge is -2.13. The van der Waals surface area contributed by atoms with Crippen molar-refractivity contribution in [1.29, 1.82) is 0 Å². The van der Waals surface area contributed by atoms with Crippen molar-refractivity contribution < 1.29 is 4.39 Å². The fourth-order valence-electron chi connectivity index (χ4n) is 1.57. The second-order valence-electron chi connectivity index (χ2n) is 3.90. The first-order chi connectivity index (χ1) is 8.16. The van der Waals surface area contributed by atoms with E-state index in [4.69, 9.17) is 11.6 Å². The summed E-state index contributed by atoms with van der Waals surface area (Å²) in [6, 6.07) is 7.05. The first-order valence-corrected chi connectivity index (χ1v) is 6.68. The summed E-state index contributed by atoms with van der Waals surface area (Å²) in [6.45, 7) is 2.57. The minimum absolute atomic E-state index is 0.219. The van der Waals surface area contributed by atoms with Crippen LogP contribution in [0.15, 0.2) is 35.0 Å². The molecule has 1 atom stereocenters. The van der Waals surface area contributed by atoms with Crippen molar-refractivity contribution in [1.82, 2.24) is 5.32 Å². The van der Waals surface area contributed by atoms with Crippen LogP contribution in [0, 0.1) is 5.82 Å². The highest BCUT2D eigenvalue weighted by Gasteiger charge is 2.07. The highest BCUT2D eigenvalue weighted by Crippen LogP contribution is 2.18. The van der Waals surface area contributed by atoms with E-state index in [1.54, 1.807) is 23.5 Å². The average Bonchev–Trinajstić information content (AvgIpc) is 2.81. The Hall–Kier alpha value is -0.900. The molecule has 1 N–H and O–H groups in total. The Bertz CT molecular complexity index is 484. The van der Waals surface area contributed by atoms with Gasteiger partial charge in [0.15, 0.2) is 0 Å². The summed E-state index contributed by atoms with van der Waals surface area (Å²) >= 11 is 7.37. The molecule has 1 unspecified atom stereocenters. The molecule has 0 radical (unpaired) electrons. The lowest BCUT2D eigenvalue weighted by molar-refractivity contribution is 0.545. The lowest BCUT2D eigenvalue weighted by Crippen LogP contribution is -2.18. The fourth-order valence-corrected chi connectivity index (χ4v) is 2.48. The van der Waals surface area contributed by atoms with Gasteiger partial charge in [0.1, 0.15) is 5.82 Å². The van der Waals surface area contributed by atoms with E-state index in [0.717, 1.165) is 0 Å². The number of hydrogen-bond donors (Lipinski definition) is 1. The molecular weight excluding hydrogens is 257 g/mol.